The van der Waals surface area contributed by atoms with Crippen molar-refractivity contribution in [1.82, 2.24) is 24.6 Å². The molecule has 0 aliphatic carbocycles. The van der Waals surface area contributed by atoms with Gasteiger partial charge in [-0.2, -0.15) is 5.10 Å². The number of hydrogen-bond acceptors (Lipinski definition) is 4. The predicted octanol–water partition coefficient (Wildman–Crippen LogP) is 1.73. The summed E-state index contributed by atoms with van der Waals surface area (Å²) in [5.74, 6) is 0. The van der Waals surface area contributed by atoms with E-state index in [9.17, 15) is 0 Å². The van der Waals surface area contributed by atoms with Crippen molar-refractivity contribution >= 4 is 0 Å². The van der Waals surface area contributed by atoms with Crippen LogP contribution in [-0.2, 0) is 24.4 Å². The fraction of sp³-hybridized carbons (Fsp3) is 0.600. The summed E-state index contributed by atoms with van der Waals surface area (Å²) < 4.78 is 7.93. The van der Waals surface area contributed by atoms with Gasteiger partial charge in [-0.25, -0.2) is 4.98 Å². The fourth-order valence-corrected chi connectivity index (χ4v) is 2.88. The molecule has 1 N–H and O–H groups in total. The van der Waals surface area contributed by atoms with Gasteiger partial charge in [-0.15, -0.1) is 0 Å². The number of fused-ring (bicyclic) bond motifs is 1. The highest BCUT2D eigenvalue weighted by molar-refractivity contribution is 5.08. The molecule has 2 aromatic heterocycles. The summed E-state index contributed by atoms with van der Waals surface area (Å²) >= 11 is 0. The molecule has 1 aliphatic rings. The standard InChI is InChI=1S/C15H23N5O/c1-3-21-10-14-4-5-19-11-16-7-15(19)9-20(14)8-13-6-12(2)17-18-13/h6-7,11,14H,3-5,8-10H2,1-2H3,(H,17,18). The minimum atomic E-state index is 0.418. The topological polar surface area (TPSA) is 59.0 Å². The first-order chi connectivity index (χ1) is 10.3. The summed E-state index contributed by atoms with van der Waals surface area (Å²) in [7, 11) is 0. The quantitative estimate of drug-likeness (QED) is 0.910. The smallest absolute Gasteiger partial charge is 0.0948 e. The van der Waals surface area contributed by atoms with E-state index in [-0.39, 0.29) is 0 Å². The molecular formula is C15H23N5O. The zero-order valence-electron chi connectivity index (χ0n) is 12.7. The van der Waals surface area contributed by atoms with E-state index in [1.807, 2.05) is 26.4 Å². The molecule has 0 saturated carbocycles. The molecule has 114 valence electrons. The van der Waals surface area contributed by atoms with Crippen LogP contribution in [0.15, 0.2) is 18.6 Å². The number of H-pyrrole nitrogens is 1. The van der Waals surface area contributed by atoms with Gasteiger partial charge in [0, 0.05) is 44.2 Å². The molecule has 1 atom stereocenters. The third-order valence-electron chi connectivity index (χ3n) is 4.02. The van der Waals surface area contributed by atoms with Gasteiger partial charge in [0.1, 0.15) is 0 Å². The minimum Gasteiger partial charge on any atom is -0.380 e. The second-order valence-electron chi connectivity index (χ2n) is 5.63. The van der Waals surface area contributed by atoms with E-state index in [2.05, 4.69) is 30.7 Å². The highest BCUT2D eigenvalue weighted by atomic mass is 16.5. The fourth-order valence-electron chi connectivity index (χ4n) is 2.88. The van der Waals surface area contributed by atoms with Crippen molar-refractivity contribution < 1.29 is 4.74 Å². The normalized spacial score (nSPS) is 19.4. The molecule has 6 nitrogen and oxygen atoms in total. The van der Waals surface area contributed by atoms with E-state index in [0.717, 1.165) is 50.7 Å². The molecule has 3 rings (SSSR count). The molecule has 1 aliphatic heterocycles. The van der Waals surface area contributed by atoms with Crippen molar-refractivity contribution in [2.45, 2.75) is 45.9 Å². The summed E-state index contributed by atoms with van der Waals surface area (Å²) in [6.45, 7) is 8.36. The summed E-state index contributed by atoms with van der Waals surface area (Å²) in [5.41, 5.74) is 3.45. The highest BCUT2D eigenvalue weighted by Crippen LogP contribution is 2.20. The maximum Gasteiger partial charge on any atom is 0.0948 e. The van der Waals surface area contributed by atoms with Crippen LogP contribution in [0.4, 0.5) is 0 Å². The lowest BCUT2D eigenvalue weighted by Gasteiger charge is -2.28. The van der Waals surface area contributed by atoms with Crippen molar-refractivity contribution in [3.63, 3.8) is 0 Å². The van der Waals surface area contributed by atoms with Gasteiger partial charge in [-0.05, 0) is 26.3 Å². The second-order valence-corrected chi connectivity index (χ2v) is 5.63. The van der Waals surface area contributed by atoms with E-state index in [4.69, 9.17) is 4.74 Å². The summed E-state index contributed by atoms with van der Waals surface area (Å²) in [5, 5.41) is 7.39. The van der Waals surface area contributed by atoms with Crippen molar-refractivity contribution in [3.8, 4) is 0 Å². The SMILES string of the molecule is CCOCC1CCn2cncc2CN1Cc1cc(C)[nH]n1. The van der Waals surface area contributed by atoms with E-state index >= 15 is 0 Å². The molecule has 0 spiro atoms. The Morgan fingerprint density at radius 3 is 3.14 bits per heavy atom. The van der Waals surface area contributed by atoms with Crippen LogP contribution in [0.25, 0.3) is 0 Å². The van der Waals surface area contributed by atoms with Gasteiger partial charge in [0.2, 0.25) is 0 Å². The number of rotatable bonds is 5. The highest BCUT2D eigenvalue weighted by Gasteiger charge is 2.24. The summed E-state index contributed by atoms with van der Waals surface area (Å²) in [6.07, 6.45) is 4.97. The van der Waals surface area contributed by atoms with Crippen LogP contribution >= 0.6 is 0 Å². The van der Waals surface area contributed by atoms with Crippen LogP contribution in [0.1, 0.15) is 30.4 Å². The number of aryl methyl sites for hydroxylation is 2. The number of aromatic nitrogens is 4. The number of nitrogens with one attached hydrogen (secondary N) is 1. The summed E-state index contributed by atoms with van der Waals surface area (Å²) in [6, 6.07) is 2.53. The molecule has 21 heavy (non-hydrogen) atoms. The van der Waals surface area contributed by atoms with Crippen LogP contribution in [0, 0.1) is 6.92 Å². The van der Waals surface area contributed by atoms with Gasteiger partial charge in [-0.1, -0.05) is 0 Å². The average molecular weight is 289 g/mol. The average Bonchev–Trinajstić information content (AvgIpc) is 3.04. The van der Waals surface area contributed by atoms with Crippen molar-refractivity contribution in [2.75, 3.05) is 13.2 Å². The Hall–Kier alpha value is -1.66. The number of imidazole rings is 1. The molecule has 2 aromatic rings. The molecule has 1 unspecified atom stereocenters. The van der Waals surface area contributed by atoms with E-state index < -0.39 is 0 Å². The first-order valence-corrected chi connectivity index (χ1v) is 7.58. The molecule has 0 saturated heterocycles. The maximum absolute atomic E-state index is 5.68. The lowest BCUT2D eigenvalue weighted by molar-refractivity contribution is 0.0553. The van der Waals surface area contributed by atoms with Gasteiger partial charge in [0.05, 0.1) is 24.3 Å². The predicted molar refractivity (Wildman–Crippen MR) is 79.7 cm³/mol. The Morgan fingerprint density at radius 1 is 1.48 bits per heavy atom. The first kappa shape index (κ1) is 14.3. The van der Waals surface area contributed by atoms with Gasteiger partial charge < -0.3 is 9.30 Å². The summed E-state index contributed by atoms with van der Waals surface area (Å²) in [4.78, 5) is 6.71. The number of nitrogens with zero attached hydrogens (tertiary/aromatic N) is 4. The van der Waals surface area contributed by atoms with Crippen LogP contribution in [0.3, 0.4) is 0 Å². The molecule has 0 amide bonds. The van der Waals surface area contributed by atoms with Crippen LogP contribution in [-0.4, -0.2) is 43.9 Å². The molecular weight excluding hydrogens is 266 g/mol. The minimum absolute atomic E-state index is 0.418. The molecule has 3 heterocycles. The van der Waals surface area contributed by atoms with E-state index in [1.54, 1.807) is 0 Å². The van der Waals surface area contributed by atoms with E-state index in [1.165, 1.54) is 5.69 Å². The van der Waals surface area contributed by atoms with Crippen molar-refractivity contribution in [3.05, 3.63) is 35.7 Å². The largest absolute Gasteiger partial charge is 0.380 e. The van der Waals surface area contributed by atoms with Crippen molar-refractivity contribution in [1.29, 1.82) is 0 Å². The molecule has 0 fully saturated rings. The number of ether oxygens (including phenoxy) is 1. The lowest BCUT2D eigenvalue weighted by Crippen LogP contribution is -2.37. The Bertz CT molecular complexity index is 576. The van der Waals surface area contributed by atoms with Gasteiger partial charge in [0.15, 0.2) is 0 Å². The zero-order valence-corrected chi connectivity index (χ0v) is 12.7. The molecule has 0 radical (unpaired) electrons. The maximum atomic E-state index is 5.68. The van der Waals surface area contributed by atoms with Crippen LogP contribution in [0.2, 0.25) is 0 Å². The molecule has 0 aromatic carbocycles. The van der Waals surface area contributed by atoms with Crippen LogP contribution < -0.4 is 0 Å². The Morgan fingerprint density at radius 2 is 2.38 bits per heavy atom. The van der Waals surface area contributed by atoms with Crippen molar-refractivity contribution in [2.24, 2.45) is 0 Å². The van der Waals surface area contributed by atoms with Crippen LogP contribution in [0.5, 0.6) is 0 Å². The number of aromatic amines is 1. The molecule has 0 bridgehead atoms. The van der Waals surface area contributed by atoms with Gasteiger partial charge >= 0.3 is 0 Å². The number of hydrogen-bond donors (Lipinski definition) is 1. The van der Waals surface area contributed by atoms with Gasteiger partial charge in [0.25, 0.3) is 0 Å². The Labute approximate surface area is 125 Å². The molecule has 6 heteroatoms. The Balaban J connectivity index is 1.76. The Kier molecular flexibility index (Phi) is 4.36. The first-order valence-electron chi connectivity index (χ1n) is 7.58. The third-order valence-corrected chi connectivity index (χ3v) is 4.02. The third kappa shape index (κ3) is 3.33. The van der Waals surface area contributed by atoms with Gasteiger partial charge in [-0.3, -0.25) is 10.00 Å². The zero-order chi connectivity index (χ0) is 14.7. The second kappa shape index (κ2) is 6.41. The van der Waals surface area contributed by atoms with E-state index in [0.29, 0.717) is 6.04 Å². The lowest BCUT2D eigenvalue weighted by atomic mass is 10.1. The monoisotopic (exact) mass is 289 g/mol.